The van der Waals surface area contributed by atoms with E-state index < -0.39 is 45.5 Å². The minimum Gasteiger partial charge on any atom is -0.594 e. The lowest BCUT2D eigenvalue weighted by molar-refractivity contribution is -0.433. The molecule has 22 heavy (non-hydrogen) atoms. The number of alkyl halides is 13. The van der Waals surface area contributed by atoms with Crippen molar-refractivity contribution in [3.8, 4) is 0 Å². The Kier molecular flexibility index (Phi) is 5.28. The summed E-state index contributed by atoms with van der Waals surface area (Å²) in [6.45, 7) is 0. The van der Waals surface area contributed by atoms with Crippen molar-refractivity contribution in [2.45, 2.75) is 35.1 Å². The summed E-state index contributed by atoms with van der Waals surface area (Å²) in [5.41, 5.74) is 0. The van der Waals surface area contributed by atoms with Crippen LogP contribution < -0.4 is 0 Å². The zero-order valence-electron chi connectivity index (χ0n) is 9.11. The summed E-state index contributed by atoms with van der Waals surface area (Å²) in [7, 11) is -0.957. The number of hydrogen-bond donors (Lipinski definition) is 0. The second kappa shape index (κ2) is 5.36. The second-order valence-corrected chi connectivity index (χ2v) is 5.34. The molecule has 0 heterocycles. The molecule has 0 aliphatic carbocycles. The lowest BCUT2D eigenvalue weighted by Gasteiger charge is -2.38. The summed E-state index contributed by atoms with van der Waals surface area (Å²) in [5, 5.41) is -6.75. The van der Waals surface area contributed by atoms with Gasteiger partial charge in [-0.25, -0.2) is 0 Å². The van der Waals surface area contributed by atoms with E-state index >= 15 is 0 Å². The highest BCUT2D eigenvalue weighted by Gasteiger charge is 2.93. The topological polar surface area (TPSA) is 23.1 Å². The van der Waals surface area contributed by atoms with Gasteiger partial charge in [-0.2, -0.15) is 48.3 Å². The molecule has 0 aliphatic heterocycles. The Bertz CT molecular complexity index is 415. The van der Waals surface area contributed by atoms with Gasteiger partial charge in [0.25, 0.3) is 0 Å². The van der Waals surface area contributed by atoms with E-state index in [0.717, 1.165) is 0 Å². The Morgan fingerprint density at radius 1 is 0.545 bits per heavy atom. The van der Waals surface area contributed by atoms with E-state index in [-0.39, 0.29) is 0 Å². The number of hydrogen-bond acceptors (Lipinski definition) is 1. The second-order valence-electron chi connectivity index (χ2n) is 3.54. The summed E-state index contributed by atoms with van der Waals surface area (Å²) in [5.74, 6) is -31.4. The lowest BCUT2D eigenvalue weighted by atomic mass is 9.98. The summed E-state index contributed by atoms with van der Waals surface area (Å²) >= 11 is 0. The molecule has 0 saturated heterocycles. The maximum Gasteiger partial charge on any atom is 0.496 e. The van der Waals surface area contributed by atoms with Crippen LogP contribution in [0.3, 0.4) is 0 Å². The third kappa shape index (κ3) is 2.68. The minimum absolute atomic E-state index is 3.87. The molecule has 1 nitrogen and oxygen atoms in total. The van der Waals surface area contributed by atoms with Crippen LogP contribution in [0.2, 0.25) is 0 Å². The van der Waals surface area contributed by atoms with Crippen molar-refractivity contribution in [2.75, 3.05) is 0 Å². The molecular weight excluding hydrogens is 403 g/mol. The van der Waals surface area contributed by atoms with Crippen molar-refractivity contribution in [1.82, 2.24) is 0 Å². The highest BCUT2D eigenvalue weighted by atomic mass is 35.7. The largest absolute Gasteiger partial charge is 0.594 e. The standard InChI is InChI=1S/C6ClF13OS/c7-22(21)6(19,20)4(14,15)2(10,11)1(8,9)3(12,13)5(16,17)18. The van der Waals surface area contributed by atoms with Crippen LogP contribution in [0.5, 0.6) is 0 Å². The van der Waals surface area contributed by atoms with Gasteiger partial charge in [0, 0.05) is 0 Å². The first-order valence-corrected chi connectivity index (χ1v) is 6.21. The Hall–Kier alpha value is -0.310. The molecule has 16 heteroatoms. The van der Waals surface area contributed by atoms with E-state index in [2.05, 4.69) is 10.7 Å². The van der Waals surface area contributed by atoms with E-state index in [4.69, 9.17) is 0 Å². The fourth-order valence-corrected chi connectivity index (χ4v) is 1.48. The van der Waals surface area contributed by atoms with Crippen molar-refractivity contribution in [1.29, 1.82) is 0 Å². The summed E-state index contributed by atoms with van der Waals surface area (Å²) in [6, 6.07) is 0. The van der Waals surface area contributed by atoms with E-state index in [9.17, 15) is 61.6 Å². The quantitative estimate of drug-likeness (QED) is 0.487. The summed E-state index contributed by atoms with van der Waals surface area (Å²) < 4.78 is 170. The van der Waals surface area contributed by atoms with Crippen LogP contribution in [0, 0.1) is 0 Å². The SMILES string of the molecule is [O-][S+](Cl)C(F)(F)C(F)(F)C(F)(F)C(F)(F)C(F)(F)C(F)(F)F. The van der Waals surface area contributed by atoms with Gasteiger partial charge in [0.15, 0.2) is 10.7 Å². The smallest absolute Gasteiger partial charge is 0.496 e. The molecular formula is C6ClF13OS. The van der Waals surface area contributed by atoms with Crippen molar-refractivity contribution < 1.29 is 61.6 Å². The summed E-state index contributed by atoms with van der Waals surface area (Å²) in [6.07, 6.45) is -7.48. The van der Waals surface area contributed by atoms with Gasteiger partial charge in [0.2, 0.25) is 0 Å². The lowest BCUT2D eigenvalue weighted by Crippen LogP contribution is -2.70. The fourth-order valence-electron chi connectivity index (χ4n) is 0.856. The Morgan fingerprint density at radius 3 is 1.05 bits per heavy atom. The predicted molar refractivity (Wildman–Crippen MR) is 44.8 cm³/mol. The van der Waals surface area contributed by atoms with Crippen LogP contribution in [0.25, 0.3) is 0 Å². The predicted octanol–water partition coefficient (Wildman–Crippen LogP) is 4.59. The van der Waals surface area contributed by atoms with E-state index in [0.29, 0.717) is 0 Å². The van der Waals surface area contributed by atoms with Crippen LogP contribution in [0.4, 0.5) is 57.1 Å². The van der Waals surface area contributed by atoms with Gasteiger partial charge < -0.3 is 4.55 Å². The average Bonchev–Trinajstić information content (AvgIpc) is 2.25. The first-order chi connectivity index (χ1) is 9.19. The normalized spacial score (nSPS) is 17.6. The number of rotatable bonds is 5. The molecule has 0 aromatic rings. The third-order valence-electron chi connectivity index (χ3n) is 2.11. The monoisotopic (exact) mass is 402 g/mol. The number of halogens is 14. The molecule has 1 atom stereocenters. The minimum atomic E-state index is -8.01. The molecule has 0 spiro atoms. The average molecular weight is 403 g/mol. The zero-order chi connectivity index (χ0) is 18.6. The highest BCUT2D eigenvalue weighted by molar-refractivity contribution is 8.14. The molecule has 0 aromatic heterocycles. The van der Waals surface area contributed by atoms with Crippen LogP contribution >= 0.6 is 10.7 Å². The molecule has 0 saturated carbocycles. The van der Waals surface area contributed by atoms with Crippen LogP contribution in [0.15, 0.2) is 0 Å². The molecule has 0 rings (SSSR count). The van der Waals surface area contributed by atoms with Gasteiger partial charge in [0.05, 0.1) is 0 Å². The first kappa shape index (κ1) is 21.7. The molecule has 134 valence electrons. The zero-order valence-corrected chi connectivity index (χ0v) is 10.7. The van der Waals surface area contributed by atoms with Gasteiger partial charge in [-0.15, -0.1) is 8.78 Å². The first-order valence-electron chi connectivity index (χ1n) is 4.23. The maximum absolute atomic E-state index is 12.7. The van der Waals surface area contributed by atoms with Crippen LogP contribution in [-0.2, 0) is 10.4 Å². The van der Waals surface area contributed by atoms with Crippen molar-refractivity contribution in [3.63, 3.8) is 0 Å². The van der Waals surface area contributed by atoms with Gasteiger partial charge in [-0.1, -0.05) is 0 Å². The molecule has 0 N–H and O–H groups in total. The molecule has 0 amide bonds. The maximum atomic E-state index is 12.7. The molecule has 0 fully saturated rings. The van der Waals surface area contributed by atoms with Crippen molar-refractivity contribution in [3.05, 3.63) is 0 Å². The third-order valence-corrected chi connectivity index (χ3v) is 3.35. The summed E-state index contributed by atoms with van der Waals surface area (Å²) in [4.78, 5) is 0. The highest BCUT2D eigenvalue weighted by Crippen LogP contribution is 2.61. The molecule has 0 radical (unpaired) electrons. The molecule has 0 bridgehead atoms. The van der Waals surface area contributed by atoms with Crippen molar-refractivity contribution >= 4 is 21.1 Å². The van der Waals surface area contributed by atoms with E-state index in [1.54, 1.807) is 0 Å². The Balaban J connectivity index is 6.24. The van der Waals surface area contributed by atoms with Gasteiger partial charge in [0.1, 0.15) is 10.4 Å². The Morgan fingerprint density at radius 2 is 0.818 bits per heavy atom. The van der Waals surface area contributed by atoms with Crippen LogP contribution in [0.1, 0.15) is 0 Å². The van der Waals surface area contributed by atoms with E-state index in [1.807, 2.05) is 0 Å². The van der Waals surface area contributed by atoms with E-state index in [1.165, 1.54) is 0 Å². The van der Waals surface area contributed by atoms with Crippen LogP contribution in [-0.4, -0.2) is 39.7 Å². The molecule has 0 aliphatic rings. The van der Waals surface area contributed by atoms with Crippen molar-refractivity contribution in [2.24, 2.45) is 0 Å². The Labute approximate surface area is 119 Å². The molecule has 1 unspecified atom stereocenters. The van der Waals surface area contributed by atoms with Gasteiger partial charge in [-0.05, 0) is 0 Å². The van der Waals surface area contributed by atoms with Gasteiger partial charge in [-0.3, -0.25) is 0 Å². The van der Waals surface area contributed by atoms with Gasteiger partial charge >= 0.3 is 35.1 Å². The fraction of sp³-hybridized carbons (Fsp3) is 1.00. The molecule has 0 aromatic carbocycles.